The number of ether oxygens (including phenoxy) is 2. The highest BCUT2D eigenvalue weighted by molar-refractivity contribution is 6.21. The molecule has 0 bridgehead atoms. The van der Waals surface area contributed by atoms with Crippen LogP contribution in [0.1, 0.15) is 20.7 Å². The second-order valence-corrected chi connectivity index (χ2v) is 4.97. The lowest BCUT2D eigenvalue weighted by atomic mass is 10.1. The van der Waals surface area contributed by atoms with Crippen LogP contribution < -0.4 is 20.9 Å². The Kier molecular flexibility index (Phi) is 2.33. The Balaban J connectivity index is 1.86. The molecule has 0 fully saturated rings. The fourth-order valence-electron chi connectivity index (χ4n) is 2.54. The van der Waals surface area contributed by atoms with E-state index in [9.17, 15) is 9.59 Å². The van der Waals surface area contributed by atoms with E-state index in [2.05, 4.69) is 0 Å². The van der Waals surface area contributed by atoms with Crippen molar-refractivity contribution in [3.8, 4) is 11.5 Å². The molecule has 0 saturated heterocycles. The number of hydrogen-bond donors (Lipinski definition) is 2. The van der Waals surface area contributed by atoms with Gasteiger partial charge in [-0.3, -0.25) is 9.59 Å². The van der Waals surface area contributed by atoms with Crippen molar-refractivity contribution >= 4 is 22.9 Å². The molecule has 6 nitrogen and oxygen atoms in total. The number of ketones is 2. The number of nitrogen functional groups attached to an aromatic ring is 2. The molecule has 0 amide bonds. The molecule has 0 atom stereocenters. The Bertz CT molecular complexity index is 826. The van der Waals surface area contributed by atoms with Crippen molar-refractivity contribution < 1.29 is 19.1 Å². The van der Waals surface area contributed by atoms with Gasteiger partial charge in [-0.1, -0.05) is 12.1 Å². The van der Waals surface area contributed by atoms with E-state index >= 15 is 0 Å². The molecular formula is C16H10N2O4. The minimum atomic E-state index is -0.433. The third kappa shape index (κ3) is 1.49. The van der Waals surface area contributed by atoms with Gasteiger partial charge in [0.05, 0.1) is 22.5 Å². The van der Waals surface area contributed by atoms with Gasteiger partial charge in [0.25, 0.3) is 0 Å². The summed E-state index contributed by atoms with van der Waals surface area (Å²) in [6.07, 6.45) is 0. The van der Waals surface area contributed by atoms with Crippen LogP contribution >= 0.6 is 0 Å². The molecule has 22 heavy (non-hydrogen) atoms. The van der Waals surface area contributed by atoms with Crippen LogP contribution in [-0.4, -0.2) is 11.6 Å². The first-order chi connectivity index (χ1) is 10.6. The van der Waals surface area contributed by atoms with Gasteiger partial charge in [0.1, 0.15) is 0 Å². The van der Waals surface area contributed by atoms with E-state index in [0.29, 0.717) is 22.5 Å². The van der Waals surface area contributed by atoms with Crippen LogP contribution in [0.5, 0.6) is 11.5 Å². The SMILES string of the molecule is Nc1cccc2c1O/C(=C1/Oc3c(N)cccc3C1=O)C2=O. The van der Waals surface area contributed by atoms with E-state index in [4.69, 9.17) is 20.9 Å². The summed E-state index contributed by atoms with van der Waals surface area (Å²) in [6.45, 7) is 0. The molecule has 2 aromatic carbocycles. The minimum absolute atomic E-state index is 0.159. The van der Waals surface area contributed by atoms with Crippen molar-refractivity contribution in [2.75, 3.05) is 11.5 Å². The Hall–Kier alpha value is -3.28. The zero-order chi connectivity index (χ0) is 15.4. The summed E-state index contributed by atoms with van der Waals surface area (Å²) in [6, 6.07) is 9.69. The summed E-state index contributed by atoms with van der Waals surface area (Å²) < 4.78 is 11.0. The van der Waals surface area contributed by atoms with Gasteiger partial charge in [-0.15, -0.1) is 0 Å². The van der Waals surface area contributed by atoms with Gasteiger partial charge >= 0.3 is 0 Å². The number of carbonyl (C=O) groups excluding carboxylic acids is 2. The van der Waals surface area contributed by atoms with Crippen molar-refractivity contribution in [2.24, 2.45) is 0 Å². The van der Waals surface area contributed by atoms with Crippen LogP contribution in [0.4, 0.5) is 11.4 Å². The molecule has 0 saturated carbocycles. The average molecular weight is 294 g/mol. The number of Topliss-reactive ketones (excluding diaryl/α,β-unsaturated/α-hetero) is 2. The van der Waals surface area contributed by atoms with Gasteiger partial charge in [0.2, 0.25) is 23.1 Å². The molecule has 0 spiro atoms. The summed E-state index contributed by atoms with van der Waals surface area (Å²) in [5, 5.41) is 0. The molecule has 2 heterocycles. The lowest BCUT2D eigenvalue weighted by molar-refractivity contribution is 0.0960. The largest absolute Gasteiger partial charge is 0.446 e. The number of anilines is 2. The van der Waals surface area contributed by atoms with Crippen LogP contribution in [0.2, 0.25) is 0 Å². The number of para-hydroxylation sites is 2. The summed E-state index contributed by atoms with van der Waals surface area (Å²) in [5.41, 5.74) is 12.8. The van der Waals surface area contributed by atoms with Gasteiger partial charge in [0, 0.05) is 0 Å². The summed E-state index contributed by atoms with van der Waals surface area (Å²) in [7, 11) is 0. The van der Waals surface area contributed by atoms with Crippen molar-refractivity contribution in [1.29, 1.82) is 0 Å². The van der Waals surface area contributed by atoms with Crippen molar-refractivity contribution in [3.05, 3.63) is 59.0 Å². The quantitative estimate of drug-likeness (QED) is 0.568. The van der Waals surface area contributed by atoms with E-state index < -0.39 is 11.6 Å². The van der Waals surface area contributed by atoms with Gasteiger partial charge in [-0.25, -0.2) is 0 Å². The normalized spacial score (nSPS) is 18.7. The van der Waals surface area contributed by atoms with E-state index in [-0.39, 0.29) is 23.0 Å². The van der Waals surface area contributed by atoms with Crippen molar-refractivity contribution in [1.82, 2.24) is 0 Å². The van der Waals surface area contributed by atoms with Crippen LogP contribution in [0.15, 0.2) is 47.9 Å². The molecule has 4 rings (SSSR count). The van der Waals surface area contributed by atoms with E-state index in [1.54, 1.807) is 36.4 Å². The number of fused-ring (bicyclic) bond motifs is 2. The fourth-order valence-corrected chi connectivity index (χ4v) is 2.54. The molecule has 0 unspecified atom stereocenters. The Morgan fingerprint density at radius 1 is 0.682 bits per heavy atom. The molecule has 0 aliphatic carbocycles. The molecule has 6 heteroatoms. The van der Waals surface area contributed by atoms with Crippen LogP contribution in [0, 0.1) is 0 Å². The second-order valence-electron chi connectivity index (χ2n) is 4.97. The van der Waals surface area contributed by atoms with E-state index in [0.717, 1.165) is 0 Å². The first kappa shape index (κ1) is 12.5. The third-order valence-corrected chi connectivity index (χ3v) is 3.61. The summed E-state index contributed by atoms with van der Waals surface area (Å²) in [4.78, 5) is 24.8. The monoisotopic (exact) mass is 294 g/mol. The van der Waals surface area contributed by atoms with E-state index in [1.165, 1.54) is 0 Å². The molecule has 2 aromatic rings. The molecule has 2 aliphatic heterocycles. The van der Waals surface area contributed by atoms with Crippen molar-refractivity contribution in [2.45, 2.75) is 0 Å². The molecule has 0 radical (unpaired) electrons. The highest BCUT2D eigenvalue weighted by Gasteiger charge is 2.40. The molecule has 0 aromatic heterocycles. The second kappa shape index (κ2) is 4.11. The predicted octanol–water partition coefficient (Wildman–Crippen LogP) is 1.91. The van der Waals surface area contributed by atoms with Crippen LogP contribution in [0.3, 0.4) is 0 Å². The molecular weight excluding hydrogens is 284 g/mol. The average Bonchev–Trinajstić information content (AvgIpc) is 3.01. The van der Waals surface area contributed by atoms with Crippen LogP contribution in [-0.2, 0) is 0 Å². The Labute approximate surface area is 124 Å². The predicted molar refractivity (Wildman–Crippen MR) is 78.7 cm³/mol. The number of benzene rings is 2. The summed E-state index contributed by atoms with van der Waals surface area (Å²) in [5.74, 6) is -0.693. The molecule has 4 N–H and O–H groups in total. The number of hydrogen-bond acceptors (Lipinski definition) is 6. The maximum atomic E-state index is 12.4. The van der Waals surface area contributed by atoms with Gasteiger partial charge in [0.15, 0.2) is 11.5 Å². The first-order valence-corrected chi connectivity index (χ1v) is 6.54. The standard InChI is InChI=1S/C16H10N2O4/c17-9-5-1-3-7-11(19)15(21-13(7)9)16-12(20)8-4-2-6-10(18)14(8)22-16/h1-6H,17-18H2/b16-15+. The lowest BCUT2D eigenvalue weighted by Crippen LogP contribution is -2.11. The molecule has 2 aliphatic rings. The first-order valence-electron chi connectivity index (χ1n) is 6.54. The maximum absolute atomic E-state index is 12.4. The van der Waals surface area contributed by atoms with Crippen LogP contribution in [0.25, 0.3) is 0 Å². The Morgan fingerprint density at radius 2 is 1.09 bits per heavy atom. The van der Waals surface area contributed by atoms with Crippen molar-refractivity contribution in [3.63, 3.8) is 0 Å². The molecule has 108 valence electrons. The number of nitrogens with two attached hydrogens (primary N) is 2. The zero-order valence-corrected chi connectivity index (χ0v) is 11.3. The maximum Gasteiger partial charge on any atom is 0.236 e. The lowest BCUT2D eigenvalue weighted by Gasteiger charge is -2.04. The fraction of sp³-hybridized carbons (Fsp3) is 0. The Morgan fingerprint density at radius 3 is 1.45 bits per heavy atom. The third-order valence-electron chi connectivity index (χ3n) is 3.61. The van der Waals surface area contributed by atoms with Gasteiger partial charge in [-0.05, 0) is 24.3 Å². The number of rotatable bonds is 0. The number of carbonyl (C=O) groups is 2. The van der Waals surface area contributed by atoms with Gasteiger partial charge in [-0.2, -0.15) is 0 Å². The number of allylic oxidation sites excluding steroid dienone is 2. The highest BCUT2D eigenvalue weighted by Crippen LogP contribution is 2.42. The van der Waals surface area contributed by atoms with E-state index in [1.807, 2.05) is 0 Å². The topological polar surface area (TPSA) is 105 Å². The highest BCUT2D eigenvalue weighted by atomic mass is 16.5. The minimum Gasteiger partial charge on any atom is -0.446 e. The summed E-state index contributed by atoms with van der Waals surface area (Å²) >= 11 is 0. The smallest absolute Gasteiger partial charge is 0.236 e. The zero-order valence-electron chi connectivity index (χ0n) is 11.3. The van der Waals surface area contributed by atoms with Gasteiger partial charge < -0.3 is 20.9 Å².